The van der Waals surface area contributed by atoms with Gasteiger partial charge in [0.2, 0.25) is 5.91 Å². The number of carbonyl (C=O) groups is 2. The van der Waals surface area contributed by atoms with Crippen LogP contribution >= 0.6 is 0 Å². The fourth-order valence-corrected chi connectivity index (χ4v) is 1.97. The van der Waals surface area contributed by atoms with Crippen molar-refractivity contribution in [1.82, 2.24) is 5.32 Å². The molecular weight excluding hydrogens is 222 g/mol. The van der Waals surface area contributed by atoms with Crippen LogP contribution in [0.1, 0.15) is 13.8 Å². The summed E-state index contributed by atoms with van der Waals surface area (Å²) in [4.78, 5) is 21.6. The highest BCUT2D eigenvalue weighted by atomic mass is 32.2. The van der Waals surface area contributed by atoms with E-state index in [-0.39, 0.29) is 5.75 Å². The van der Waals surface area contributed by atoms with Crippen molar-refractivity contribution in [1.29, 1.82) is 0 Å². The van der Waals surface area contributed by atoms with Crippen LogP contribution in [-0.2, 0) is 19.4 Å². The minimum atomic E-state index is -3.18. The molecule has 0 aromatic heterocycles. The van der Waals surface area contributed by atoms with E-state index in [0.717, 1.165) is 6.26 Å². The van der Waals surface area contributed by atoms with Gasteiger partial charge in [-0.15, -0.1) is 0 Å². The number of hydrogen-bond acceptors (Lipinski definition) is 4. The normalized spacial score (nSPS) is 15.4. The fourth-order valence-electron chi connectivity index (χ4n) is 0.976. The number of carboxylic acid groups (broad SMARTS) is 1. The molecule has 0 spiro atoms. The highest BCUT2D eigenvalue weighted by Crippen LogP contribution is 1.97. The van der Waals surface area contributed by atoms with E-state index in [1.54, 1.807) is 0 Å². The Kier molecular flexibility index (Phi) is 4.73. The van der Waals surface area contributed by atoms with Crippen molar-refractivity contribution in [2.45, 2.75) is 19.9 Å². The number of aliphatic carboxylic acids is 1. The Labute approximate surface area is 88.6 Å². The van der Waals surface area contributed by atoms with Crippen LogP contribution in [0.25, 0.3) is 0 Å². The molecule has 0 aliphatic heterocycles. The van der Waals surface area contributed by atoms with E-state index >= 15 is 0 Å². The molecule has 0 fully saturated rings. The molecule has 0 saturated carbocycles. The Morgan fingerprint density at radius 1 is 1.33 bits per heavy atom. The molecule has 0 aliphatic carbocycles. The lowest BCUT2D eigenvalue weighted by Gasteiger charge is -2.14. The van der Waals surface area contributed by atoms with Gasteiger partial charge < -0.3 is 10.4 Å². The van der Waals surface area contributed by atoms with Gasteiger partial charge in [-0.1, -0.05) is 0 Å². The summed E-state index contributed by atoms with van der Waals surface area (Å²) >= 11 is 0. The molecule has 7 heteroatoms. The molecule has 2 atom stereocenters. The van der Waals surface area contributed by atoms with E-state index in [1.165, 1.54) is 13.8 Å². The van der Waals surface area contributed by atoms with Crippen LogP contribution in [0.3, 0.4) is 0 Å². The standard InChI is InChI=1S/C8H15NO5S/c1-5(4-15(3,13)14)9-7(10)6(2)8(11)12/h5-6H,4H2,1-3H3,(H,9,10)(H,11,12). The summed E-state index contributed by atoms with van der Waals surface area (Å²) in [6.07, 6.45) is 1.05. The van der Waals surface area contributed by atoms with Crippen LogP contribution in [0.5, 0.6) is 0 Å². The smallest absolute Gasteiger partial charge is 0.315 e. The topological polar surface area (TPSA) is 101 Å². The van der Waals surface area contributed by atoms with Crippen LogP contribution in [0.2, 0.25) is 0 Å². The summed E-state index contributed by atoms with van der Waals surface area (Å²) in [6.45, 7) is 2.75. The van der Waals surface area contributed by atoms with Gasteiger partial charge in [0.15, 0.2) is 0 Å². The Morgan fingerprint density at radius 3 is 2.13 bits per heavy atom. The molecule has 88 valence electrons. The molecule has 0 aliphatic rings. The zero-order valence-electron chi connectivity index (χ0n) is 8.85. The number of amides is 1. The lowest BCUT2D eigenvalue weighted by atomic mass is 10.1. The van der Waals surface area contributed by atoms with Crippen molar-refractivity contribution in [3.63, 3.8) is 0 Å². The molecule has 15 heavy (non-hydrogen) atoms. The lowest BCUT2D eigenvalue weighted by molar-refractivity contribution is -0.146. The molecule has 2 N–H and O–H groups in total. The molecule has 0 rings (SSSR count). The van der Waals surface area contributed by atoms with E-state index in [2.05, 4.69) is 5.32 Å². The van der Waals surface area contributed by atoms with Gasteiger partial charge >= 0.3 is 5.97 Å². The van der Waals surface area contributed by atoms with E-state index in [1.807, 2.05) is 0 Å². The van der Waals surface area contributed by atoms with Crippen LogP contribution in [0.4, 0.5) is 0 Å². The Bertz CT molecular complexity index is 348. The molecule has 0 radical (unpaired) electrons. The summed E-state index contributed by atoms with van der Waals surface area (Å²) in [5, 5.41) is 10.8. The molecule has 6 nitrogen and oxygen atoms in total. The van der Waals surface area contributed by atoms with Crippen LogP contribution < -0.4 is 5.32 Å². The highest BCUT2D eigenvalue weighted by Gasteiger charge is 2.22. The second-order valence-corrected chi connectivity index (χ2v) is 5.75. The third-order valence-electron chi connectivity index (χ3n) is 1.71. The molecule has 2 unspecified atom stereocenters. The van der Waals surface area contributed by atoms with Crippen LogP contribution in [0, 0.1) is 5.92 Å². The van der Waals surface area contributed by atoms with Crippen LogP contribution in [0.15, 0.2) is 0 Å². The van der Waals surface area contributed by atoms with E-state index in [4.69, 9.17) is 5.11 Å². The first-order valence-electron chi connectivity index (χ1n) is 4.34. The van der Waals surface area contributed by atoms with Gasteiger partial charge in [-0.3, -0.25) is 9.59 Å². The zero-order valence-corrected chi connectivity index (χ0v) is 9.67. The first-order chi connectivity index (χ1) is 6.63. The number of carboxylic acids is 1. The Balaban J connectivity index is 4.25. The first-order valence-corrected chi connectivity index (χ1v) is 6.40. The third-order valence-corrected chi connectivity index (χ3v) is 2.81. The summed E-state index contributed by atoms with van der Waals surface area (Å²) in [7, 11) is -3.18. The predicted octanol–water partition coefficient (Wildman–Crippen LogP) is -0.744. The summed E-state index contributed by atoms with van der Waals surface area (Å²) in [5.74, 6) is -3.30. The zero-order chi connectivity index (χ0) is 12.2. The van der Waals surface area contributed by atoms with Crippen molar-refractivity contribution < 1.29 is 23.1 Å². The first kappa shape index (κ1) is 13.9. The number of sulfone groups is 1. The van der Waals surface area contributed by atoms with Crippen molar-refractivity contribution in [2.24, 2.45) is 5.92 Å². The molecule has 0 saturated heterocycles. The number of nitrogens with one attached hydrogen (secondary N) is 1. The van der Waals surface area contributed by atoms with Gasteiger partial charge in [0.1, 0.15) is 15.8 Å². The number of carbonyl (C=O) groups excluding carboxylic acids is 1. The second-order valence-electron chi connectivity index (χ2n) is 3.56. The highest BCUT2D eigenvalue weighted by molar-refractivity contribution is 7.90. The van der Waals surface area contributed by atoms with Crippen molar-refractivity contribution in [3.8, 4) is 0 Å². The largest absolute Gasteiger partial charge is 0.481 e. The maximum Gasteiger partial charge on any atom is 0.315 e. The number of hydrogen-bond donors (Lipinski definition) is 2. The van der Waals surface area contributed by atoms with Crippen molar-refractivity contribution in [2.75, 3.05) is 12.0 Å². The molecule has 0 heterocycles. The minimum Gasteiger partial charge on any atom is -0.481 e. The quantitative estimate of drug-likeness (QED) is 0.613. The van der Waals surface area contributed by atoms with Gasteiger partial charge in [0, 0.05) is 12.3 Å². The van der Waals surface area contributed by atoms with Crippen molar-refractivity contribution >= 4 is 21.7 Å². The van der Waals surface area contributed by atoms with Gasteiger partial charge in [0.25, 0.3) is 0 Å². The minimum absolute atomic E-state index is 0.203. The maximum atomic E-state index is 11.2. The monoisotopic (exact) mass is 237 g/mol. The lowest BCUT2D eigenvalue weighted by Crippen LogP contribution is -2.42. The van der Waals surface area contributed by atoms with Gasteiger partial charge in [-0.05, 0) is 13.8 Å². The molecule has 0 aromatic carbocycles. The van der Waals surface area contributed by atoms with E-state index in [9.17, 15) is 18.0 Å². The Morgan fingerprint density at radius 2 is 1.80 bits per heavy atom. The molecule has 0 aromatic rings. The van der Waals surface area contributed by atoms with Crippen LogP contribution in [-0.4, -0.2) is 43.5 Å². The molecule has 1 amide bonds. The van der Waals surface area contributed by atoms with Gasteiger partial charge in [-0.25, -0.2) is 8.42 Å². The molecule has 0 bridgehead atoms. The summed E-state index contributed by atoms with van der Waals surface area (Å²) in [5.41, 5.74) is 0. The second kappa shape index (κ2) is 5.11. The van der Waals surface area contributed by atoms with Gasteiger partial charge in [0.05, 0.1) is 5.75 Å². The van der Waals surface area contributed by atoms with Gasteiger partial charge in [-0.2, -0.15) is 0 Å². The average molecular weight is 237 g/mol. The predicted molar refractivity (Wildman–Crippen MR) is 54.1 cm³/mol. The van der Waals surface area contributed by atoms with E-state index < -0.39 is 33.7 Å². The average Bonchev–Trinajstić information content (AvgIpc) is 1.98. The third kappa shape index (κ3) is 6.05. The van der Waals surface area contributed by atoms with E-state index in [0.29, 0.717) is 0 Å². The summed E-state index contributed by atoms with van der Waals surface area (Å²) < 4.78 is 21.7. The summed E-state index contributed by atoms with van der Waals surface area (Å²) in [6, 6.07) is -0.589. The van der Waals surface area contributed by atoms with Crippen molar-refractivity contribution in [3.05, 3.63) is 0 Å². The molecular formula is C8H15NO5S. The number of rotatable bonds is 5. The SMILES string of the molecule is CC(CS(C)(=O)=O)NC(=O)C(C)C(=O)O. The fraction of sp³-hybridized carbons (Fsp3) is 0.750. The Hall–Kier alpha value is -1.11. The maximum absolute atomic E-state index is 11.2.